The summed E-state index contributed by atoms with van der Waals surface area (Å²) >= 11 is 1.63. The van der Waals surface area contributed by atoms with E-state index in [1.54, 1.807) is 11.3 Å². The molecule has 0 saturated carbocycles. The maximum atomic E-state index is 11.7. The van der Waals surface area contributed by atoms with E-state index in [2.05, 4.69) is 16.7 Å². The van der Waals surface area contributed by atoms with Gasteiger partial charge in [-0.3, -0.25) is 10.1 Å². The standard InChI is InChI=1S/C13H19N3OS/c1-13(2,3)16-12(17)7-10(8-14)15-9-11-5-4-6-18-11/h4-6,10,15H,7,9H2,1-3H3,(H,16,17). The Morgan fingerprint density at radius 1 is 1.56 bits per heavy atom. The van der Waals surface area contributed by atoms with E-state index in [0.29, 0.717) is 6.54 Å². The minimum atomic E-state index is -0.450. The fourth-order valence-corrected chi connectivity index (χ4v) is 2.11. The van der Waals surface area contributed by atoms with Gasteiger partial charge in [0.05, 0.1) is 12.5 Å². The zero-order valence-electron chi connectivity index (χ0n) is 11.0. The molecule has 2 N–H and O–H groups in total. The lowest BCUT2D eigenvalue weighted by Crippen LogP contribution is -2.43. The Morgan fingerprint density at radius 2 is 2.28 bits per heavy atom. The summed E-state index contributed by atoms with van der Waals surface area (Å²) in [5.74, 6) is -0.104. The molecule has 5 heteroatoms. The van der Waals surface area contributed by atoms with Crippen LogP contribution in [0.2, 0.25) is 0 Å². The van der Waals surface area contributed by atoms with Crippen molar-refractivity contribution in [1.82, 2.24) is 10.6 Å². The molecule has 1 rings (SSSR count). The van der Waals surface area contributed by atoms with E-state index in [1.165, 1.54) is 0 Å². The molecule has 0 spiro atoms. The smallest absolute Gasteiger partial charge is 0.223 e. The number of thiophene rings is 1. The highest BCUT2D eigenvalue weighted by atomic mass is 32.1. The van der Waals surface area contributed by atoms with Gasteiger partial charge in [-0.15, -0.1) is 11.3 Å². The molecule has 1 atom stereocenters. The summed E-state index contributed by atoms with van der Waals surface area (Å²) in [4.78, 5) is 12.8. The van der Waals surface area contributed by atoms with Crippen molar-refractivity contribution in [2.45, 2.75) is 45.3 Å². The molecule has 1 aromatic rings. The van der Waals surface area contributed by atoms with Crippen LogP contribution in [0, 0.1) is 11.3 Å². The maximum absolute atomic E-state index is 11.7. The maximum Gasteiger partial charge on any atom is 0.223 e. The van der Waals surface area contributed by atoms with Crippen molar-refractivity contribution < 1.29 is 4.79 Å². The number of hydrogen-bond acceptors (Lipinski definition) is 4. The van der Waals surface area contributed by atoms with Crippen molar-refractivity contribution in [3.05, 3.63) is 22.4 Å². The molecule has 18 heavy (non-hydrogen) atoms. The van der Waals surface area contributed by atoms with E-state index in [0.717, 1.165) is 4.88 Å². The van der Waals surface area contributed by atoms with Crippen molar-refractivity contribution in [1.29, 1.82) is 5.26 Å². The van der Waals surface area contributed by atoms with E-state index in [-0.39, 0.29) is 17.9 Å². The molecule has 1 amide bonds. The lowest BCUT2D eigenvalue weighted by atomic mass is 10.1. The van der Waals surface area contributed by atoms with Gasteiger partial charge in [0.25, 0.3) is 0 Å². The average molecular weight is 265 g/mol. The Kier molecular flexibility index (Phi) is 5.32. The summed E-state index contributed by atoms with van der Waals surface area (Å²) in [5.41, 5.74) is -0.259. The molecule has 0 radical (unpaired) electrons. The molecular weight excluding hydrogens is 246 g/mol. The molecule has 1 aromatic heterocycles. The normalized spacial score (nSPS) is 12.8. The van der Waals surface area contributed by atoms with Gasteiger partial charge in [-0.25, -0.2) is 0 Å². The van der Waals surface area contributed by atoms with Crippen LogP contribution < -0.4 is 10.6 Å². The predicted molar refractivity (Wildman–Crippen MR) is 73.1 cm³/mol. The van der Waals surface area contributed by atoms with E-state index in [9.17, 15) is 4.79 Å². The van der Waals surface area contributed by atoms with Gasteiger partial charge in [0, 0.05) is 17.0 Å². The first-order valence-electron chi connectivity index (χ1n) is 5.87. The van der Waals surface area contributed by atoms with Crippen molar-refractivity contribution in [3.63, 3.8) is 0 Å². The first kappa shape index (κ1) is 14.7. The largest absolute Gasteiger partial charge is 0.351 e. The van der Waals surface area contributed by atoms with E-state index in [1.807, 2.05) is 38.3 Å². The van der Waals surface area contributed by atoms with Crippen LogP contribution in [0.25, 0.3) is 0 Å². The Labute approximate surface area is 112 Å². The SMILES string of the molecule is CC(C)(C)NC(=O)CC(C#N)NCc1cccs1. The number of carbonyl (C=O) groups is 1. The lowest BCUT2D eigenvalue weighted by molar-refractivity contribution is -0.122. The second-order valence-corrected chi connectivity index (χ2v) is 6.18. The fraction of sp³-hybridized carbons (Fsp3) is 0.538. The Balaban J connectivity index is 2.38. The quantitative estimate of drug-likeness (QED) is 0.856. The van der Waals surface area contributed by atoms with Crippen LogP contribution in [0.3, 0.4) is 0 Å². The predicted octanol–water partition coefficient (Wildman–Crippen LogP) is 2.03. The molecule has 0 aliphatic rings. The van der Waals surface area contributed by atoms with Gasteiger partial charge in [0.15, 0.2) is 0 Å². The van der Waals surface area contributed by atoms with Crippen LogP contribution in [0.4, 0.5) is 0 Å². The molecule has 0 bridgehead atoms. The number of nitrogens with zero attached hydrogens (tertiary/aromatic N) is 1. The molecule has 0 aliphatic heterocycles. The van der Waals surface area contributed by atoms with Gasteiger partial charge in [-0.05, 0) is 32.2 Å². The zero-order valence-corrected chi connectivity index (χ0v) is 11.8. The van der Waals surface area contributed by atoms with Crippen LogP contribution in [0.15, 0.2) is 17.5 Å². The van der Waals surface area contributed by atoms with Crippen LogP contribution in [0.1, 0.15) is 32.1 Å². The number of nitrogens with one attached hydrogen (secondary N) is 2. The minimum Gasteiger partial charge on any atom is -0.351 e. The first-order chi connectivity index (χ1) is 8.40. The van der Waals surface area contributed by atoms with Crippen molar-refractivity contribution >= 4 is 17.2 Å². The second-order valence-electron chi connectivity index (χ2n) is 5.14. The Hall–Kier alpha value is -1.38. The molecule has 0 fully saturated rings. The monoisotopic (exact) mass is 265 g/mol. The van der Waals surface area contributed by atoms with Crippen molar-refractivity contribution in [3.8, 4) is 6.07 Å². The van der Waals surface area contributed by atoms with Gasteiger partial charge in [0.2, 0.25) is 5.91 Å². The number of nitriles is 1. The number of carbonyl (C=O) groups excluding carboxylic acids is 1. The third-order valence-electron chi connectivity index (χ3n) is 2.16. The zero-order chi connectivity index (χ0) is 13.6. The highest BCUT2D eigenvalue weighted by Crippen LogP contribution is 2.08. The Bertz CT molecular complexity index is 414. The van der Waals surface area contributed by atoms with E-state index < -0.39 is 6.04 Å². The van der Waals surface area contributed by atoms with Gasteiger partial charge in [-0.2, -0.15) is 5.26 Å². The summed E-state index contributed by atoms with van der Waals surface area (Å²) in [6, 6.07) is 5.63. The molecule has 0 aliphatic carbocycles. The summed E-state index contributed by atoms with van der Waals surface area (Å²) in [6.45, 7) is 6.39. The van der Waals surface area contributed by atoms with Crippen molar-refractivity contribution in [2.24, 2.45) is 0 Å². The molecule has 1 unspecified atom stereocenters. The molecule has 0 saturated heterocycles. The van der Waals surface area contributed by atoms with Crippen LogP contribution in [-0.2, 0) is 11.3 Å². The Morgan fingerprint density at radius 3 is 2.78 bits per heavy atom. The highest BCUT2D eigenvalue weighted by molar-refractivity contribution is 7.09. The average Bonchev–Trinajstić information content (AvgIpc) is 2.74. The van der Waals surface area contributed by atoms with Crippen LogP contribution in [0.5, 0.6) is 0 Å². The summed E-state index contributed by atoms with van der Waals surface area (Å²) < 4.78 is 0. The highest BCUT2D eigenvalue weighted by Gasteiger charge is 2.17. The summed E-state index contributed by atoms with van der Waals surface area (Å²) in [7, 11) is 0. The van der Waals surface area contributed by atoms with Gasteiger partial charge in [-0.1, -0.05) is 6.07 Å². The minimum absolute atomic E-state index is 0.104. The lowest BCUT2D eigenvalue weighted by Gasteiger charge is -2.21. The van der Waals surface area contributed by atoms with E-state index in [4.69, 9.17) is 5.26 Å². The van der Waals surface area contributed by atoms with Gasteiger partial charge in [0.1, 0.15) is 6.04 Å². The summed E-state index contributed by atoms with van der Waals surface area (Å²) in [6.07, 6.45) is 0.180. The second kappa shape index (κ2) is 6.53. The van der Waals surface area contributed by atoms with Gasteiger partial charge >= 0.3 is 0 Å². The van der Waals surface area contributed by atoms with Gasteiger partial charge < -0.3 is 5.32 Å². The molecule has 0 aromatic carbocycles. The third kappa shape index (κ3) is 5.80. The summed E-state index contributed by atoms with van der Waals surface area (Å²) in [5, 5.41) is 16.9. The van der Waals surface area contributed by atoms with Crippen LogP contribution >= 0.6 is 11.3 Å². The third-order valence-corrected chi connectivity index (χ3v) is 3.04. The fourth-order valence-electron chi connectivity index (χ4n) is 1.46. The molecule has 1 heterocycles. The van der Waals surface area contributed by atoms with Crippen LogP contribution in [-0.4, -0.2) is 17.5 Å². The molecular formula is C13H19N3OS. The number of rotatable bonds is 5. The number of hydrogen-bond donors (Lipinski definition) is 2. The molecule has 98 valence electrons. The number of amides is 1. The van der Waals surface area contributed by atoms with E-state index >= 15 is 0 Å². The first-order valence-corrected chi connectivity index (χ1v) is 6.75. The van der Waals surface area contributed by atoms with Crippen molar-refractivity contribution in [2.75, 3.05) is 0 Å². The molecule has 4 nitrogen and oxygen atoms in total. The topological polar surface area (TPSA) is 64.9 Å².